The molecule has 0 saturated heterocycles. The largest absolute Gasteiger partial charge is 0.506 e. The van der Waals surface area contributed by atoms with Crippen LogP contribution in [0.2, 0.25) is 0 Å². The topological polar surface area (TPSA) is 113 Å². The van der Waals surface area contributed by atoms with Gasteiger partial charge in [0.15, 0.2) is 0 Å². The molecule has 5 N–H and O–H groups in total. The molecule has 8 heteroatoms. The van der Waals surface area contributed by atoms with E-state index in [1.165, 1.54) is 6.07 Å². The number of aliphatic hydroxyl groups excluding tert-OH is 1. The number of primary amides is 1. The predicted molar refractivity (Wildman–Crippen MR) is 81.1 cm³/mol. The van der Waals surface area contributed by atoms with Gasteiger partial charge in [0.1, 0.15) is 11.9 Å². The van der Waals surface area contributed by atoms with Gasteiger partial charge in [-0.2, -0.15) is 0 Å². The summed E-state index contributed by atoms with van der Waals surface area (Å²) in [5, 5.41) is 21.2. The molecule has 1 aromatic rings. The molecule has 0 spiro atoms. The summed E-state index contributed by atoms with van der Waals surface area (Å²) in [4.78, 5) is 22.3. The number of aliphatic hydroxyl groups is 1. The average Bonchev–Trinajstić information content (AvgIpc) is 2.29. The van der Waals surface area contributed by atoms with Crippen molar-refractivity contribution in [2.45, 2.75) is 6.10 Å². The third kappa shape index (κ3) is 3.95. The van der Waals surface area contributed by atoms with Gasteiger partial charge in [0, 0.05) is 3.57 Å². The number of nitrogens with one attached hydrogen (secondary N) is 1. The lowest BCUT2D eigenvalue weighted by atomic mass is 10.2. The first-order valence-corrected chi connectivity index (χ1v) is 6.92. The van der Waals surface area contributed by atoms with Gasteiger partial charge >= 0.3 is 0 Å². The van der Waals surface area contributed by atoms with Gasteiger partial charge in [0.25, 0.3) is 5.91 Å². The standard InChI is InChI=1S/C10H10I2N2O4/c11-4-1-5(8(16)6(12)2-4)10(18)14-3-7(15)9(13)17/h1-2,7,15-16H,3H2,(H2,13,17)(H,14,18). The van der Waals surface area contributed by atoms with E-state index in [1.54, 1.807) is 6.07 Å². The molecule has 1 atom stereocenters. The lowest BCUT2D eigenvalue weighted by Gasteiger charge is -2.10. The number of amides is 2. The van der Waals surface area contributed by atoms with Crippen LogP contribution in [0.1, 0.15) is 10.4 Å². The van der Waals surface area contributed by atoms with Crippen molar-refractivity contribution < 1.29 is 19.8 Å². The molecule has 1 rings (SSSR count). The van der Waals surface area contributed by atoms with E-state index < -0.39 is 17.9 Å². The van der Waals surface area contributed by atoms with Crippen LogP contribution in [-0.4, -0.2) is 34.7 Å². The number of carbonyl (C=O) groups is 2. The molecule has 18 heavy (non-hydrogen) atoms. The van der Waals surface area contributed by atoms with Crippen molar-refractivity contribution in [3.63, 3.8) is 0 Å². The summed E-state index contributed by atoms with van der Waals surface area (Å²) in [5.41, 5.74) is 4.93. The molecule has 0 aliphatic heterocycles. The van der Waals surface area contributed by atoms with Crippen molar-refractivity contribution in [2.24, 2.45) is 5.73 Å². The SMILES string of the molecule is NC(=O)C(O)CNC(=O)c1cc(I)cc(I)c1O. The van der Waals surface area contributed by atoms with Gasteiger partial charge in [-0.15, -0.1) is 0 Å². The minimum Gasteiger partial charge on any atom is -0.506 e. The van der Waals surface area contributed by atoms with E-state index in [0.29, 0.717) is 3.57 Å². The first-order valence-electron chi connectivity index (χ1n) is 4.76. The molecule has 2 amide bonds. The number of hydrogen-bond acceptors (Lipinski definition) is 4. The molecule has 0 fully saturated rings. The number of phenolic OH excluding ortho intramolecular Hbond substituents is 1. The molecule has 0 saturated carbocycles. The number of aromatic hydroxyl groups is 1. The molecule has 0 heterocycles. The van der Waals surface area contributed by atoms with E-state index in [1.807, 2.05) is 45.2 Å². The molecule has 0 aromatic heterocycles. The summed E-state index contributed by atoms with van der Waals surface area (Å²) in [7, 11) is 0. The lowest BCUT2D eigenvalue weighted by Crippen LogP contribution is -2.40. The van der Waals surface area contributed by atoms with Crippen LogP contribution in [-0.2, 0) is 4.79 Å². The highest BCUT2D eigenvalue weighted by atomic mass is 127. The van der Waals surface area contributed by atoms with E-state index in [-0.39, 0.29) is 17.9 Å². The second-order valence-electron chi connectivity index (χ2n) is 3.41. The Labute approximate surface area is 130 Å². The molecule has 0 aliphatic rings. The van der Waals surface area contributed by atoms with Gasteiger partial charge in [0.2, 0.25) is 5.91 Å². The van der Waals surface area contributed by atoms with E-state index >= 15 is 0 Å². The summed E-state index contributed by atoms with van der Waals surface area (Å²) in [6, 6.07) is 3.22. The van der Waals surface area contributed by atoms with Gasteiger partial charge in [-0.1, -0.05) is 0 Å². The van der Waals surface area contributed by atoms with Crippen LogP contribution >= 0.6 is 45.2 Å². The van der Waals surface area contributed by atoms with Crippen LogP contribution in [0.4, 0.5) is 0 Å². The molecule has 6 nitrogen and oxygen atoms in total. The zero-order valence-electron chi connectivity index (χ0n) is 8.98. The maximum atomic E-state index is 11.8. The van der Waals surface area contributed by atoms with Crippen LogP contribution in [0.25, 0.3) is 0 Å². The average molecular weight is 476 g/mol. The van der Waals surface area contributed by atoms with Crippen LogP contribution in [0, 0.1) is 7.14 Å². The zero-order valence-corrected chi connectivity index (χ0v) is 13.3. The molecule has 0 bridgehead atoms. The van der Waals surface area contributed by atoms with Crippen LogP contribution in [0.15, 0.2) is 12.1 Å². The van der Waals surface area contributed by atoms with Gasteiger partial charge in [-0.25, -0.2) is 0 Å². The van der Waals surface area contributed by atoms with Gasteiger partial charge in [-0.3, -0.25) is 9.59 Å². The quantitative estimate of drug-likeness (QED) is 0.465. The first kappa shape index (κ1) is 15.4. The minimum atomic E-state index is -1.45. The van der Waals surface area contributed by atoms with Crippen molar-refractivity contribution in [3.8, 4) is 5.75 Å². The van der Waals surface area contributed by atoms with Crippen LogP contribution in [0.5, 0.6) is 5.75 Å². The molecule has 0 aliphatic carbocycles. The predicted octanol–water partition coefficient (Wildman–Crippen LogP) is 0.177. The lowest BCUT2D eigenvalue weighted by molar-refractivity contribution is -0.125. The number of phenols is 1. The fraction of sp³-hybridized carbons (Fsp3) is 0.200. The number of hydrogen-bond donors (Lipinski definition) is 4. The van der Waals surface area contributed by atoms with E-state index in [2.05, 4.69) is 5.32 Å². The first-order chi connectivity index (χ1) is 8.32. The van der Waals surface area contributed by atoms with Crippen molar-refractivity contribution in [3.05, 3.63) is 24.8 Å². The number of benzene rings is 1. The highest BCUT2D eigenvalue weighted by Crippen LogP contribution is 2.26. The molecule has 1 aromatic carbocycles. The van der Waals surface area contributed by atoms with Gasteiger partial charge < -0.3 is 21.3 Å². The summed E-state index contributed by atoms with van der Waals surface area (Å²) in [5.74, 6) is -1.64. The maximum Gasteiger partial charge on any atom is 0.255 e. The molecule has 98 valence electrons. The molecular formula is C10H10I2N2O4. The van der Waals surface area contributed by atoms with Gasteiger partial charge in [0.05, 0.1) is 15.7 Å². The van der Waals surface area contributed by atoms with E-state index in [0.717, 1.165) is 3.57 Å². The summed E-state index contributed by atoms with van der Waals surface area (Å²) >= 11 is 3.92. The highest BCUT2D eigenvalue weighted by Gasteiger charge is 2.17. The van der Waals surface area contributed by atoms with Gasteiger partial charge in [-0.05, 0) is 57.3 Å². The Hall–Kier alpha value is -0.620. The summed E-state index contributed by atoms with van der Waals surface area (Å²) in [6.45, 7) is -0.296. The third-order valence-corrected chi connectivity index (χ3v) is 3.50. The smallest absolute Gasteiger partial charge is 0.255 e. The number of nitrogens with two attached hydrogens (primary N) is 1. The second kappa shape index (κ2) is 6.52. The maximum absolute atomic E-state index is 11.8. The fourth-order valence-corrected chi connectivity index (χ4v) is 2.97. The fourth-order valence-electron chi connectivity index (χ4n) is 1.12. The monoisotopic (exact) mass is 476 g/mol. The van der Waals surface area contributed by atoms with Crippen LogP contribution in [0.3, 0.4) is 0 Å². The van der Waals surface area contributed by atoms with E-state index in [9.17, 15) is 14.7 Å². The Morgan fingerprint density at radius 1 is 1.39 bits per heavy atom. The Balaban J connectivity index is 2.82. The molecular weight excluding hydrogens is 466 g/mol. The Bertz CT molecular complexity index is 493. The normalized spacial score (nSPS) is 11.9. The minimum absolute atomic E-state index is 0.0861. The number of rotatable bonds is 4. The second-order valence-corrected chi connectivity index (χ2v) is 5.82. The van der Waals surface area contributed by atoms with Crippen molar-refractivity contribution in [1.29, 1.82) is 0 Å². The van der Waals surface area contributed by atoms with Crippen molar-refractivity contribution in [2.75, 3.05) is 6.54 Å². The Kier molecular flexibility index (Phi) is 5.59. The van der Waals surface area contributed by atoms with Crippen molar-refractivity contribution >= 4 is 57.0 Å². The Morgan fingerprint density at radius 2 is 2.00 bits per heavy atom. The van der Waals surface area contributed by atoms with Crippen LogP contribution < -0.4 is 11.1 Å². The molecule has 0 radical (unpaired) electrons. The van der Waals surface area contributed by atoms with E-state index in [4.69, 9.17) is 10.8 Å². The van der Waals surface area contributed by atoms with Crippen molar-refractivity contribution in [1.82, 2.24) is 5.32 Å². The number of carbonyl (C=O) groups excluding carboxylic acids is 2. The number of halogens is 2. The Morgan fingerprint density at radius 3 is 2.56 bits per heavy atom. The highest BCUT2D eigenvalue weighted by molar-refractivity contribution is 14.1. The zero-order chi connectivity index (χ0) is 13.9. The summed E-state index contributed by atoms with van der Waals surface area (Å²) < 4.78 is 1.33. The third-order valence-electron chi connectivity index (χ3n) is 2.06. The summed E-state index contributed by atoms with van der Waals surface area (Å²) in [6.07, 6.45) is -1.45. The molecule has 1 unspecified atom stereocenters.